The van der Waals surface area contributed by atoms with Gasteiger partial charge in [-0.05, 0) is 126 Å². The number of carbonyl (C=O) groups excluding carboxylic acids is 1. The minimum absolute atomic E-state index is 0. The van der Waals surface area contributed by atoms with Gasteiger partial charge in [0.05, 0.1) is 35.1 Å². The van der Waals surface area contributed by atoms with Crippen molar-refractivity contribution < 1.29 is 76.9 Å². The van der Waals surface area contributed by atoms with Crippen molar-refractivity contribution in [3.05, 3.63) is 105 Å². The molecular weight excluding hydrogens is 1320 g/mol. The van der Waals surface area contributed by atoms with Crippen LogP contribution in [0.2, 0.25) is 25.7 Å². The van der Waals surface area contributed by atoms with Crippen LogP contribution < -0.4 is 30.1 Å². The van der Waals surface area contributed by atoms with Gasteiger partial charge in [-0.3, -0.25) is 0 Å². The number of ether oxygens (including phenoxy) is 6. The lowest BCUT2D eigenvalue weighted by Gasteiger charge is -2.39. The van der Waals surface area contributed by atoms with Crippen LogP contribution in [0.25, 0.3) is 17.7 Å². The molecule has 30 heteroatoms. The Bertz CT molecular complexity index is 3600. The number of aromatic nitrogens is 2. The van der Waals surface area contributed by atoms with E-state index in [1.54, 1.807) is 32.9 Å². The van der Waals surface area contributed by atoms with Crippen molar-refractivity contribution in [2.45, 2.75) is 123 Å². The molecule has 21 nitrogen and oxygen atoms in total. The number of nitrogens with two attached hydrogens (primary N) is 1. The van der Waals surface area contributed by atoms with Crippen LogP contribution in [-0.2, 0) is 49.9 Å². The topological polar surface area (TPSA) is 245 Å². The minimum Gasteiger partial charge on any atom is -0.486 e. The summed E-state index contributed by atoms with van der Waals surface area (Å²) in [6.07, 6.45) is 3.19. The highest BCUT2D eigenvalue weighted by atomic mass is 127. The molecule has 1 saturated heterocycles. The lowest BCUT2D eigenvalue weighted by molar-refractivity contribution is 0.00578. The Morgan fingerprint density at radius 1 is 0.750 bits per heavy atom. The van der Waals surface area contributed by atoms with E-state index in [0.29, 0.717) is 67.1 Å². The fraction of sp³-hybridized carbons (Fsp3) is 0.500. The number of guanidine groups is 2. The molecule has 2 atom stereocenters. The highest BCUT2D eigenvalue weighted by Gasteiger charge is 2.53. The van der Waals surface area contributed by atoms with Crippen molar-refractivity contribution in [3.63, 3.8) is 0 Å². The molecule has 0 aliphatic carbocycles. The minimum atomic E-state index is -4.05. The molecular formula is C58H78BF4IN8O13S2Si. The normalized spacial score (nSPS) is 21.7. The molecule has 4 aromatic rings. The maximum Gasteiger partial charge on any atom is 0.494 e. The number of aliphatic imine (C=N–C) groups is 2. The lowest BCUT2D eigenvalue weighted by atomic mass is 9.76. The first-order valence-electron chi connectivity index (χ1n) is 27.5. The van der Waals surface area contributed by atoms with Gasteiger partial charge in [0.2, 0.25) is 32.0 Å². The molecule has 0 saturated carbocycles. The Labute approximate surface area is 528 Å². The van der Waals surface area contributed by atoms with Crippen LogP contribution in [0, 0.1) is 11.6 Å². The summed E-state index contributed by atoms with van der Waals surface area (Å²) in [7, 11) is -7.48. The second-order valence-electron chi connectivity index (χ2n) is 24.6. The van der Waals surface area contributed by atoms with Crippen LogP contribution in [0.1, 0.15) is 97.8 Å². The van der Waals surface area contributed by atoms with E-state index in [1.807, 2.05) is 50.3 Å². The number of halogens is 5. The summed E-state index contributed by atoms with van der Waals surface area (Å²) in [6, 6.07) is 12.0. The molecule has 2 N–H and O–H groups in total. The number of hydrogen-bond acceptors (Lipinski definition) is 18. The van der Waals surface area contributed by atoms with E-state index in [2.05, 4.69) is 34.6 Å². The molecule has 0 bridgehead atoms. The van der Waals surface area contributed by atoms with Crippen LogP contribution >= 0.6 is 22.6 Å². The third-order valence-electron chi connectivity index (χ3n) is 14.6. The Morgan fingerprint density at radius 3 is 1.73 bits per heavy atom. The SMILES string of the molecule is C.CN1C(N(COCC[Si](C)(C)C)C(=O)OC(C)(C)C)=N[C@](C)(c2cc(B3OC(C)(C)C(C)(C)O3)ccc2F)CS1(=O)=O.CN1C(N)=N[C@](C)(c2cc(/C=C(\F)c3cc4c(cn3)OCCO4)ccc2F)CS1(=O)=O.F/C(=C\I)c1cc2c(cn1)OCCO2. The zero-order chi connectivity index (χ0) is 64.5. The Kier molecular flexibility index (Phi) is 21.9. The monoisotopic (exact) mass is 1400 g/mol. The second kappa shape index (κ2) is 27.2. The summed E-state index contributed by atoms with van der Waals surface area (Å²) in [5.41, 5.74) is 1.71. The molecule has 0 unspecified atom stereocenters. The summed E-state index contributed by atoms with van der Waals surface area (Å²) in [5, 5.41) is 0. The van der Waals surface area contributed by atoms with Gasteiger partial charge >= 0.3 is 13.2 Å². The van der Waals surface area contributed by atoms with Crippen LogP contribution in [-0.4, -0.2) is 156 Å². The highest BCUT2D eigenvalue weighted by Crippen LogP contribution is 2.40. The first-order valence-corrected chi connectivity index (χ1v) is 35.7. The van der Waals surface area contributed by atoms with Gasteiger partial charge in [-0.25, -0.2) is 72.7 Å². The summed E-state index contributed by atoms with van der Waals surface area (Å²) in [4.78, 5) is 31.3. The molecule has 0 radical (unpaired) electrons. The Morgan fingerprint density at radius 2 is 1.23 bits per heavy atom. The summed E-state index contributed by atoms with van der Waals surface area (Å²) < 4.78 is 158. The molecule has 2 aromatic carbocycles. The largest absolute Gasteiger partial charge is 0.494 e. The van der Waals surface area contributed by atoms with E-state index in [9.17, 15) is 34.8 Å². The maximum absolute atomic E-state index is 15.5. The predicted molar refractivity (Wildman–Crippen MR) is 342 cm³/mol. The molecule has 2 aromatic heterocycles. The van der Waals surface area contributed by atoms with Gasteiger partial charge in [-0.1, -0.05) is 45.3 Å². The van der Waals surface area contributed by atoms with Crippen LogP contribution in [0.15, 0.2) is 75.0 Å². The molecule has 88 heavy (non-hydrogen) atoms. The van der Waals surface area contributed by atoms with Crippen molar-refractivity contribution in [2.24, 2.45) is 15.7 Å². The van der Waals surface area contributed by atoms with Gasteiger partial charge in [-0.15, -0.1) is 0 Å². The lowest BCUT2D eigenvalue weighted by Crippen LogP contribution is -2.56. The summed E-state index contributed by atoms with van der Waals surface area (Å²) in [6.45, 7) is 24.2. The Balaban J connectivity index is 0.000000233. The maximum atomic E-state index is 15.5. The predicted octanol–water partition coefficient (Wildman–Crippen LogP) is 9.98. The summed E-state index contributed by atoms with van der Waals surface area (Å²) in [5.74, 6) is -1.91. The molecule has 1 amide bonds. The van der Waals surface area contributed by atoms with Crippen LogP contribution in [0.4, 0.5) is 22.4 Å². The van der Waals surface area contributed by atoms with E-state index >= 15 is 4.39 Å². The van der Waals surface area contributed by atoms with Crippen molar-refractivity contribution in [1.82, 2.24) is 23.5 Å². The quantitative estimate of drug-likeness (QED) is 0.0482. The van der Waals surface area contributed by atoms with Gasteiger partial charge in [0.15, 0.2) is 28.8 Å². The highest BCUT2D eigenvalue weighted by molar-refractivity contribution is 14.1. The number of amides is 1. The second-order valence-corrected chi connectivity index (χ2v) is 34.8. The van der Waals surface area contributed by atoms with Crippen LogP contribution in [0.5, 0.6) is 23.0 Å². The molecule has 7 heterocycles. The molecule has 1 fully saturated rings. The summed E-state index contributed by atoms with van der Waals surface area (Å²) >= 11 is 1.82. The molecule has 482 valence electrons. The van der Waals surface area contributed by atoms with E-state index in [4.69, 9.17) is 48.5 Å². The van der Waals surface area contributed by atoms with Gasteiger partial charge < -0.3 is 43.5 Å². The van der Waals surface area contributed by atoms with Crippen molar-refractivity contribution in [2.75, 3.05) is 65.4 Å². The van der Waals surface area contributed by atoms with E-state index in [-0.39, 0.29) is 54.4 Å². The van der Waals surface area contributed by atoms with Crippen LogP contribution in [0.3, 0.4) is 0 Å². The van der Waals surface area contributed by atoms with Crippen molar-refractivity contribution in [3.8, 4) is 23.0 Å². The number of hydrogen-bond donors (Lipinski definition) is 1. The molecule has 5 aliphatic heterocycles. The van der Waals surface area contributed by atoms with E-state index in [1.165, 1.54) is 80.8 Å². The first-order chi connectivity index (χ1) is 40.3. The number of pyridine rings is 2. The van der Waals surface area contributed by atoms with Gasteiger partial charge in [0.1, 0.15) is 78.7 Å². The zero-order valence-electron chi connectivity index (χ0n) is 51.1. The van der Waals surface area contributed by atoms with Crippen molar-refractivity contribution in [1.29, 1.82) is 0 Å². The number of benzene rings is 2. The first kappa shape index (κ1) is 71.0. The fourth-order valence-electron chi connectivity index (χ4n) is 8.96. The van der Waals surface area contributed by atoms with Gasteiger partial charge in [0, 0.05) is 56.1 Å². The van der Waals surface area contributed by atoms with Crippen molar-refractivity contribution >= 4 is 99.0 Å². The van der Waals surface area contributed by atoms with E-state index < -0.39 is 98.2 Å². The number of carbonyl (C=O) groups is 1. The third kappa shape index (κ3) is 16.9. The molecule has 5 aliphatic rings. The van der Waals surface area contributed by atoms with Gasteiger partial charge in [-0.2, -0.15) is 0 Å². The number of fused-ring (bicyclic) bond motifs is 2. The third-order valence-corrected chi connectivity index (χ3v) is 20.7. The number of rotatable bonds is 11. The molecule has 9 rings (SSSR count). The standard InChI is InChI=1S/C28H47BFN3O7SSi.C20H20F2N4O4S.C9H7FINO2.CH4/c1-25(2,3)38-24(34)33(19-37-15-16-42(10,11)12)23-31-28(8,18-41(35,36)32(23)9)21-17-20(13-14-22(21)30)29-39-26(4,5)27(6,7)40-29;1-20(11-31(27,28)26(2)19(23)25-20)13-7-12(3-4-14(13)21)8-15(22)16-9-17-18(10-24-16)30-6-5-29-17;10-6(4-11)7-3-8-9(5-12-7)14-2-1-13-8;/h13-14,17H,15-16,18-19H2,1-12H3;3-4,7-10H,5-6,11H2,1-2H3,(H2,23,25);3-5H,1-2H2;1H4/b;15-8-;6-4-;/t28-;20-;;/m00../s1. The number of nitrogens with zero attached hydrogens (tertiary/aromatic N) is 7. The molecule has 0 spiro atoms. The van der Waals surface area contributed by atoms with E-state index in [0.717, 1.165) is 25.6 Å². The average Bonchev–Trinajstić information content (AvgIpc) is 1.21. The smallest absolute Gasteiger partial charge is 0.486 e. The average molecular weight is 1400 g/mol. The Hall–Kier alpha value is -6.06. The number of sulfonamides is 2. The fourth-order valence-corrected chi connectivity index (χ4v) is 13.0. The van der Waals surface area contributed by atoms with Gasteiger partial charge in [0.25, 0.3) is 0 Å². The zero-order valence-corrected chi connectivity index (χ0v) is 55.9.